The third kappa shape index (κ3) is 7.33. The van der Waals surface area contributed by atoms with Gasteiger partial charge in [0.05, 0.1) is 29.9 Å². The first kappa shape index (κ1) is 29.6. The van der Waals surface area contributed by atoms with Crippen LogP contribution in [0.4, 0.5) is 4.79 Å². The van der Waals surface area contributed by atoms with Crippen LogP contribution in [0, 0.1) is 13.8 Å². The number of carbonyl (C=O) groups is 2. The number of imidazole rings is 1. The largest absolute Gasteiger partial charge is 0.459 e. The van der Waals surface area contributed by atoms with E-state index < -0.39 is 11.7 Å². The Kier molecular flexibility index (Phi) is 8.66. The van der Waals surface area contributed by atoms with Gasteiger partial charge in [0.15, 0.2) is 5.76 Å². The topological polar surface area (TPSA) is 90.8 Å². The van der Waals surface area contributed by atoms with E-state index in [0.717, 1.165) is 27.7 Å². The highest BCUT2D eigenvalue weighted by Gasteiger charge is 2.24. The lowest BCUT2D eigenvalue weighted by Gasteiger charge is -2.21. The normalized spacial score (nSPS) is 12.8. The summed E-state index contributed by atoms with van der Waals surface area (Å²) in [5, 5.41) is 3.04. The minimum Gasteiger partial charge on any atom is -0.459 e. The molecule has 8 heteroatoms. The predicted molar refractivity (Wildman–Crippen MR) is 167 cm³/mol. The number of hydrogen-bond donors (Lipinski definition) is 1. The summed E-state index contributed by atoms with van der Waals surface area (Å²) in [6.45, 7) is 10.3. The number of fused-ring (bicyclic) bond motifs is 1. The maximum atomic E-state index is 13.2. The molecule has 1 N–H and O–H groups in total. The number of rotatable bonds is 8. The molecule has 0 bridgehead atoms. The van der Waals surface area contributed by atoms with Crippen LogP contribution >= 0.6 is 0 Å². The SMILES string of the molecule is Cc1ccc(C[C@@H](CNC(=O)c2ccco2)n2c(=NC(=O)OC(C)(C)C)n(Cc3ccc(C)cc3)c3ccccc32)cc1. The number of aryl methyl sites for hydroxylation is 2. The first-order valence-corrected chi connectivity index (χ1v) is 14.5. The highest BCUT2D eigenvalue weighted by atomic mass is 16.6. The molecule has 0 unspecified atom stereocenters. The van der Waals surface area contributed by atoms with Gasteiger partial charge >= 0.3 is 6.09 Å². The smallest absolute Gasteiger partial charge is 0.437 e. The van der Waals surface area contributed by atoms with Crippen molar-refractivity contribution in [1.82, 2.24) is 14.5 Å². The van der Waals surface area contributed by atoms with E-state index in [1.165, 1.54) is 11.8 Å². The summed E-state index contributed by atoms with van der Waals surface area (Å²) in [6, 6.07) is 27.7. The Hall–Kier alpha value is -4.85. The summed E-state index contributed by atoms with van der Waals surface area (Å²) < 4.78 is 15.1. The Bertz CT molecular complexity index is 1770. The monoisotopic (exact) mass is 578 g/mol. The van der Waals surface area contributed by atoms with Crippen molar-refractivity contribution in [3.05, 3.63) is 125 Å². The molecule has 0 aliphatic heterocycles. The van der Waals surface area contributed by atoms with Crippen molar-refractivity contribution in [3.8, 4) is 0 Å². The number of nitrogens with zero attached hydrogens (tertiary/aromatic N) is 3. The van der Waals surface area contributed by atoms with Gasteiger partial charge in [-0.1, -0.05) is 71.8 Å². The third-order valence-electron chi connectivity index (χ3n) is 7.14. The van der Waals surface area contributed by atoms with Crippen molar-refractivity contribution in [2.24, 2.45) is 4.99 Å². The Morgan fingerprint density at radius 2 is 1.49 bits per heavy atom. The quantitative estimate of drug-likeness (QED) is 0.221. The van der Waals surface area contributed by atoms with Crippen LogP contribution in [0.25, 0.3) is 11.0 Å². The lowest BCUT2D eigenvalue weighted by Crippen LogP contribution is -2.38. The van der Waals surface area contributed by atoms with Gasteiger partial charge in [0, 0.05) is 6.54 Å². The van der Waals surface area contributed by atoms with Gasteiger partial charge in [-0.2, -0.15) is 0 Å². The first-order chi connectivity index (χ1) is 20.6. The highest BCUT2D eigenvalue weighted by Crippen LogP contribution is 2.22. The Balaban J connectivity index is 1.68. The standard InChI is InChI=1S/C35H38N4O4/c1-24-12-16-26(17-13-24)21-28(22-36-32(40)31-11-8-20-42-31)39-30-10-7-6-9-29(30)38(23-27-18-14-25(2)15-19-27)33(39)37-34(41)43-35(3,4)5/h6-20,28H,21-23H2,1-5H3,(H,36,40)/t28-/m0/s1. The molecule has 0 spiro atoms. The number of carbonyl (C=O) groups excluding carboxylic acids is 2. The second-order valence-corrected chi connectivity index (χ2v) is 11.9. The van der Waals surface area contributed by atoms with Gasteiger partial charge < -0.3 is 23.6 Å². The van der Waals surface area contributed by atoms with Gasteiger partial charge in [-0.25, -0.2) is 4.79 Å². The third-order valence-corrected chi connectivity index (χ3v) is 7.14. The van der Waals surface area contributed by atoms with Crippen LogP contribution in [-0.2, 0) is 17.7 Å². The Labute approximate surface area is 251 Å². The van der Waals surface area contributed by atoms with Crippen LogP contribution in [-0.4, -0.2) is 33.3 Å². The van der Waals surface area contributed by atoms with Crippen LogP contribution in [0.3, 0.4) is 0 Å². The summed E-state index contributed by atoms with van der Waals surface area (Å²) in [5.74, 6) is -0.0759. The number of hydrogen-bond acceptors (Lipinski definition) is 4. The number of nitrogens with one attached hydrogen (secondary N) is 1. The van der Waals surface area contributed by atoms with Gasteiger partial charge in [0.1, 0.15) is 5.60 Å². The lowest BCUT2D eigenvalue weighted by atomic mass is 10.0. The van der Waals surface area contributed by atoms with Crippen LogP contribution in [0.1, 0.15) is 59.6 Å². The van der Waals surface area contributed by atoms with E-state index in [1.54, 1.807) is 12.1 Å². The summed E-state index contributed by atoms with van der Waals surface area (Å²) >= 11 is 0. The summed E-state index contributed by atoms with van der Waals surface area (Å²) in [7, 11) is 0. The van der Waals surface area contributed by atoms with Crippen molar-refractivity contribution in [2.75, 3.05) is 6.54 Å². The average molecular weight is 579 g/mol. The van der Waals surface area contributed by atoms with E-state index in [9.17, 15) is 9.59 Å². The highest BCUT2D eigenvalue weighted by molar-refractivity contribution is 5.91. The molecule has 0 saturated heterocycles. The molecule has 0 aliphatic carbocycles. The fraction of sp³-hybridized carbons (Fsp3) is 0.286. The van der Waals surface area contributed by atoms with E-state index in [0.29, 0.717) is 18.6 Å². The van der Waals surface area contributed by atoms with Gasteiger partial charge in [-0.15, -0.1) is 4.99 Å². The van der Waals surface area contributed by atoms with E-state index in [1.807, 2.05) is 49.6 Å². The van der Waals surface area contributed by atoms with E-state index in [2.05, 4.69) is 77.3 Å². The zero-order valence-corrected chi connectivity index (χ0v) is 25.3. The Morgan fingerprint density at radius 3 is 2.09 bits per heavy atom. The molecule has 43 heavy (non-hydrogen) atoms. The molecular weight excluding hydrogens is 540 g/mol. The molecule has 2 amide bonds. The molecule has 3 aromatic carbocycles. The number of benzene rings is 3. The zero-order valence-electron chi connectivity index (χ0n) is 25.3. The maximum absolute atomic E-state index is 13.2. The van der Waals surface area contributed by atoms with Crippen molar-refractivity contribution in [3.63, 3.8) is 0 Å². The lowest BCUT2D eigenvalue weighted by molar-refractivity contribution is 0.0592. The summed E-state index contributed by atoms with van der Waals surface area (Å²) in [6.07, 6.45) is 1.38. The first-order valence-electron chi connectivity index (χ1n) is 14.5. The molecule has 2 heterocycles. The maximum Gasteiger partial charge on any atom is 0.437 e. The molecule has 5 rings (SSSR count). The van der Waals surface area contributed by atoms with Gasteiger partial charge in [0.25, 0.3) is 5.91 Å². The minimum absolute atomic E-state index is 0.236. The zero-order chi connectivity index (χ0) is 30.6. The Morgan fingerprint density at radius 1 is 0.860 bits per heavy atom. The van der Waals surface area contributed by atoms with Crippen molar-refractivity contribution in [1.29, 1.82) is 0 Å². The summed E-state index contributed by atoms with van der Waals surface area (Å²) in [5.41, 5.74) is 6.03. The van der Waals surface area contributed by atoms with Gasteiger partial charge in [-0.05, 0) is 76.4 Å². The van der Waals surface area contributed by atoms with E-state index in [-0.39, 0.29) is 24.3 Å². The molecule has 0 aliphatic rings. The molecule has 2 aromatic heterocycles. The number of aromatic nitrogens is 2. The van der Waals surface area contributed by atoms with Crippen LogP contribution in [0.2, 0.25) is 0 Å². The van der Waals surface area contributed by atoms with Crippen LogP contribution in [0.5, 0.6) is 0 Å². The fourth-order valence-corrected chi connectivity index (χ4v) is 5.07. The van der Waals surface area contributed by atoms with E-state index >= 15 is 0 Å². The molecule has 8 nitrogen and oxygen atoms in total. The predicted octanol–water partition coefficient (Wildman–Crippen LogP) is 6.75. The molecule has 5 aromatic rings. The molecule has 0 fully saturated rings. The minimum atomic E-state index is -0.711. The summed E-state index contributed by atoms with van der Waals surface area (Å²) in [4.78, 5) is 30.8. The molecular formula is C35H38N4O4. The number of amides is 2. The van der Waals surface area contributed by atoms with E-state index in [4.69, 9.17) is 9.15 Å². The van der Waals surface area contributed by atoms with Crippen LogP contribution < -0.4 is 10.9 Å². The van der Waals surface area contributed by atoms with Crippen molar-refractivity contribution < 1.29 is 18.7 Å². The second kappa shape index (κ2) is 12.6. The van der Waals surface area contributed by atoms with Crippen molar-refractivity contribution >= 4 is 23.0 Å². The van der Waals surface area contributed by atoms with Gasteiger partial charge in [-0.3, -0.25) is 4.79 Å². The molecule has 0 saturated carbocycles. The number of para-hydroxylation sites is 2. The molecule has 222 valence electrons. The number of ether oxygens (including phenoxy) is 1. The van der Waals surface area contributed by atoms with Gasteiger partial charge in [0.2, 0.25) is 5.62 Å². The number of furan rings is 1. The second-order valence-electron chi connectivity index (χ2n) is 11.9. The average Bonchev–Trinajstić information content (AvgIpc) is 3.60. The molecule has 0 radical (unpaired) electrons. The fourth-order valence-electron chi connectivity index (χ4n) is 5.07. The van der Waals surface area contributed by atoms with Crippen molar-refractivity contribution in [2.45, 2.75) is 59.2 Å². The molecule has 1 atom stereocenters. The van der Waals surface area contributed by atoms with Crippen LogP contribution in [0.15, 0.2) is 101 Å².